The van der Waals surface area contributed by atoms with E-state index in [1.165, 1.54) is 0 Å². The Morgan fingerprint density at radius 1 is 1.47 bits per heavy atom. The van der Waals surface area contributed by atoms with Gasteiger partial charge in [-0.15, -0.1) is 0 Å². The fourth-order valence-electron chi connectivity index (χ4n) is 1.53. The number of amidine groups is 1. The molecule has 1 aromatic heterocycles. The van der Waals surface area contributed by atoms with Crippen molar-refractivity contribution in [3.05, 3.63) is 23.4 Å². The lowest BCUT2D eigenvalue weighted by atomic mass is 9.99. The number of rotatable bonds is 4. The summed E-state index contributed by atoms with van der Waals surface area (Å²) in [6.07, 6.45) is 0.996. The highest BCUT2D eigenvalue weighted by molar-refractivity contribution is 5.99. The van der Waals surface area contributed by atoms with Gasteiger partial charge in [0.1, 0.15) is 11.7 Å². The molecule has 3 N–H and O–H groups in total. The molecule has 94 valence electrons. The lowest BCUT2D eigenvalue weighted by Gasteiger charge is -2.36. The Labute approximate surface area is 103 Å². The first-order chi connectivity index (χ1) is 7.79. The van der Waals surface area contributed by atoms with Crippen molar-refractivity contribution in [2.45, 2.75) is 39.7 Å². The molecule has 0 saturated carbocycles. The second kappa shape index (κ2) is 4.73. The van der Waals surface area contributed by atoms with Gasteiger partial charge in [-0.1, -0.05) is 6.92 Å². The molecule has 0 unspecified atom stereocenters. The number of hydrogen-bond acceptors (Lipinski definition) is 3. The number of hydrogen-bond donors (Lipinski definition) is 2. The van der Waals surface area contributed by atoms with E-state index in [9.17, 15) is 0 Å². The molecule has 0 amide bonds. The first-order valence-electron chi connectivity index (χ1n) is 5.85. The van der Waals surface area contributed by atoms with Crippen LogP contribution in [0.1, 0.15) is 38.4 Å². The van der Waals surface area contributed by atoms with Gasteiger partial charge in [0.2, 0.25) is 0 Å². The maximum Gasteiger partial charge on any atom is 0.140 e. The summed E-state index contributed by atoms with van der Waals surface area (Å²) in [5, 5.41) is 7.61. The van der Waals surface area contributed by atoms with Crippen LogP contribution in [0.3, 0.4) is 0 Å². The summed E-state index contributed by atoms with van der Waals surface area (Å²) in [5.74, 6) is 0.843. The van der Waals surface area contributed by atoms with E-state index >= 15 is 0 Å². The fourth-order valence-corrected chi connectivity index (χ4v) is 1.53. The topological polar surface area (TPSA) is 66.0 Å². The number of nitrogens with two attached hydrogens (primary N) is 1. The molecule has 0 saturated heterocycles. The van der Waals surface area contributed by atoms with Crippen molar-refractivity contribution < 1.29 is 0 Å². The number of nitrogens with zero attached hydrogens (tertiary/aromatic N) is 2. The zero-order chi connectivity index (χ0) is 13.2. The Kier molecular flexibility index (Phi) is 3.76. The molecule has 1 heterocycles. The van der Waals surface area contributed by atoms with Crippen molar-refractivity contribution in [1.82, 2.24) is 4.98 Å². The predicted molar refractivity (Wildman–Crippen MR) is 72.8 cm³/mol. The van der Waals surface area contributed by atoms with Gasteiger partial charge < -0.3 is 10.6 Å². The fraction of sp³-hybridized carbons (Fsp3) is 0.538. The van der Waals surface area contributed by atoms with Crippen LogP contribution in [0, 0.1) is 12.3 Å². The number of anilines is 1. The Balaban J connectivity index is 3.29. The molecule has 0 aliphatic carbocycles. The highest BCUT2D eigenvalue weighted by atomic mass is 15.2. The van der Waals surface area contributed by atoms with Crippen LogP contribution in [-0.4, -0.2) is 23.4 Å². The minimum Gasteiger partial charge on any atom is -0.384 e. The summed E-state index contributed by atoms with van der Waals surface area (Å²) in [7, 11) is 2.00. The number of nitrogen functional groups attached to an aromatic ring is 1. The van der Waals surface area contributed by atoms with E-state index in [1.54, 1.807) is 0 Å². The molecule has 17 heavy (non-hydrogen) atoms. The lowest BCUT2D eigenvalue weighted by Crippen LogP contribution is -2.42. The average Bonchev–Trinajstić information content (AvgIpc) is 2.27. The monoisotopic (exact) mass is 234 g/mol. The third-order valence-electron chi connectivity index (χ3n) is 3.40. The third-order valence-corrected chi connectivity index (χ3v) is 3.40. The maximum absolute atomic E-state index is 7.61. The number of pyridine rings is 1. The molecular weight excluding hydrogens is 212 g/mol. The van der Waals surface area contributed by atoms with Crippen LogP contribution >= 0.6 is 0 Å². The number of aromatic nitrogens is 1. The van der Waals surface area contributed by atoms with Crippen LogP contribution in [0.2, 0.25) is 0 Å². The van der Waals surface area contributed by atoms with Gasteiger partial charge in [-0.3, -0.25) is 5.41 Å². The number of aryl methyl sites for hydroxylation is 1. The van der Waals surface area contributed by atoms with Gasteiger partial charge in [0.25, 0.3) is 0 Å². The first-order valence-corrected chi connectivity index (χ1v) is 5.85. The largest absolute Gasteiger partial charge is 0.384 e. The van der Waals surface area contributed by atoms with Crippen LogP contribution in [0.15, 0.2) is 12.1 Å². The highest BCUT2D eigenvalue weighted by Crippen LogP contribution is 2.26. The molecule has 1 aromatic rings. The summed E-state index contributed by atoms with van der Waals surface area (Å²) in [4.78, 5) is 6.61. The second-order valence-corrected chi connectivity index (χ2v) is 4.96. The van der Waals surface area contributed by atoms with E-state index in [0.717, 1.165) is 17.9 Å². The average molecular weight is 234 g/mol. The summed E-state index contributed by atoms with van der Waals surface area (Å²) < 4.78 is 0. The van der Waals surface area contributed by atoms with Crippen LogP contribution in [-0.2, 0) is 0 Å². The molecule has 0 atom stereocenters. The summed E-state index contributed by atoms with van der Waals surface area (Å²) >= 11 is 0. The molecule has 0 aliphatic rings. The van der Waals surface area contributed by atoms with Crippen molar-refractivity contribution >= 4 is 11.7 Å². The van der Waals surface area contributed by atoms with E-state index in [-0.39, 0.29) is 11.4 Å². The summed E-state index contributed by atoms with van der Waals surface area (Å²) in [6, 6.07) is 3.75. The van der Waals surface area contributed by atoms with E-state index in [0.29, 0.717) is 5.56 Å². The SMILES string of the molecule is CCC(C)(C)N(C)c1nc(C)ccc1C(=N)N. The van der Waals surface area contributed by atoms with E-state index in [4.69, 9.17) is 11.1 Å². The predicted octanol–water partition coefficient (Wildman–Crippen LogP) is 2.30. The molecule has 1 rings (SSSR count). The highest BCUT2D eigenvalue weighted by Gasteiger charge is 2.25. The van der Waals surface area contributed by atoms with Gasteiger partial charge in [-0.25, -0.2) is 4.98 Å². The molecule has 0 bridgehead atoms. The van der Waals surface area contributed by atoms with Crippen molar-refractivity contribution in [1.29, 1.82) is 5.41 Å². The van der Waals surface area contributed by atoms with Crippen LogP contribution in [0.4, 0.5) is 5.82 Å². The summed E-state index contributed by atoms with van der Waals surface area (Å²) in [6.45, 7) is 8.39. The normalized spacial score (nSPS) is 11.4. The molecular formula is C13H22N4. The number of nitrogens with one attached hydrogen (secondary N) is 1. The maximum atomic E-state index is 7.61. The quantitative estimate of drug-likeness (QED) is 0.620. The summed E-state index contributed by atoms with van der Waals surface area (Å²) in [5.41, 5.74) is 7.22. The Morgan fingerprint density at radius 2 is 2.06 bits per heavy atom. The Hall–Kier alpha value is -1.58. The zero-order valence-electron chi connectivity index (χ0n) is 11.3. The van der Waals surface area contributed by atoms with E-state index < -0.39 is 0 Å². The van der Waals surface area contributed by atoms with Crippen LogP contribution in [0.25, 0.3) is 0 Å². The van der Waals surface area contributed by atoms with E-state index in [1.807, 2.05) is 26.1 Å². The van der Waals surface area contributed by atoms with Gasteiger partial charge in [0.15, 0.2) is 0 Å². The second-order valence-electron chi connectivity index (χ2n) is 4.96. The molecule has 0 spiro atoms. The standard InChI is InChI=1S/C13H22N4/c1-6-13(3,4)17(5)12-10(11(14)15)8-7-9(2)16-12/h7-8H,6H2,1-5H3,(H3,14,15). The minimum atomic E-state index is -0.00894. The molecule has 0 aromatic carbocycles. The van der Waals surface area contributed by atoms with Gasteiger partial charge >= 0.3 is 0 Å². The van der Waals surface area contributed by atoms with Crippen molar-refractivity contribution in [3.63, 3.8) is 0 Å². The first kappa shape index (κ1) is 13.5. The zero-order valence-corrected chi connectivity index (χ0v) is 11.3. The minimum absolute atomic E-state index is 0.00894. The Bertz CT molecular complexity index is 423. The van der Waals surface area contributed by atoms with Gasteiger partial charge in [0.05, 0.1) is 5.56 Å². The van der Waals surface area contributed by atoms with Crippen LogP contribution < -0.4 is 10.6 Å². The lowest BCUT2D eigenvalue weighted by molar-refractivity contribution is 0.467. The van der Waals surface area contributed by atoms with Crippen molar-refractivity contribution in [3.8, 4) is 0 Å². The van der Waals surface area contributed by atoms with Crippen molar-refractivity contribution in [2.75, 3.05) is 11.9 Å². The Morgan fingerprint density at radius 3 is 2.53 bits per heavy atom. The van der Waals surface area contributed by atoms with Crippen LogP contribution in [0.5, 0.6) is 0 Å². The van der Waals surface area contributed by atoms with Gasteiger partial charge in [0, 0.05) is 18.3 Å². The molecule has 0 fully saturated rings. The van der Waals surface area contributed by atoms with Gasteiger partial charge in [-0.05, 0) is 39.3 Å². The van der Waals surface area contributed by atoms with Crippen molar-refractivity contribution in [2.24, 2.45) is 5.73 Å². The molecule has 4 heteroatoms. The smallest absolute Gasteiger partial charge is 0.140 e. The molecule has 4 nitrogen and oxygen atoms in total. The van der Waals surface area contributed by atoms with Gasteiger partial charge in [-0.2, -0.15) is 0 Å². The third kappa shape index (κ3) is 2.75. The molecule has 0 aliphatic heterocycles. The van der Waals surface area contributed by atoms with E-state index in [2.05, 4.69) is 30.7 Å². The molecule has 0 radical (unpaired) electrons.